The molecule has 6 nitrogen and oxygen atoms in total. The van der Waals surface area contributed by atoms with Crippen molar-refractivity contribution in [2.75, 3.05) is 6.61 Å². The number of carbonyl (C=O) groups is 1. The van der Waals surface area contributed by atoms with Crippen LogP contribution in [0.15, 0.2) is 75.9 Å². The van der Waals surface area contributed by atoms with E-state index in [1.807, 2.05) is 69.3 Å². The van der Waals surface area contributed by atoms with Crippen LogP contribution in [0.2, 0.25) is 0 Å². The average molecular weight is 455 g/mol. The molecule has 1 amide bonds. The van der Waals surface area contributed by atoms with Gasteiger partial charge in [-0.2, -0.15) is 0 Å². The van der Waals surface area contributed by atoms with Crippen molar-refractivity contribution in [1.29, 1.82) is 0 Å². The van der Waals surface area contributed by atoms with Crippen LogP contribution in [0.5, 0.6) is 0 Å². The number of aromatic nitrogens is 1. The molecule has 0 aliphatic heterocycles. The molecular weight excluding hydrogens is 428 g/mol. The lowest BCUT2D eigenvalue weighted by Crippen LogP contribution is -2.35. The third-order valence-corrected chi connectivity index (χ3v) is 6.29. The fraction of sp³-hybridized carbons (Fsp3) is 0.250. The minimum atomic E-state index is -0.558. The van der Waals surface area contributed by atoms with Crippen LogP contribution in [0.3, 0.4) is 0 Å². The van der Waals surface area contributed by atoms with E-state index in [0.29, 0.717) is 10.9 Å². The van der Waals surface area contributed by atoms with Gasteiger partial charge in [0.1, 0.15) is 18.8 Å². The van der Waals surface area contributed by atoms with Gasteiger partial charge in [0.2, 0.25) is 11.8 Å². The highest BCUT2D eigenvalue weighted by Gasteiger charge is 2.30. The van der Waals surface area contributed by atoms with Gasteiger partial charge in [0.25, 0.3) is 0 Å². The van der Waals surface area contributed by atoms with Crippen molar-refractivity contribution in [3.63, 3.8) is 0 Å². The molecule has 1 unspecified atom stereocenters. The van der Waals surface area contributed by atoms with Gasteiger partial charge in [-0.1, -0.05) is 74.5 Å². The van der Waals surface area contributed by atoms with Crippen LogP contribution in [0.4, 0.5) is 0 Å². The number of fused-ring (bicyclic) bond motifs is 4. The molecule has 1 aromatic heterocycles. The molecule has 6 heteroatoms. The van der Waals surface area contributed by atoms with Crippen molar-refractivity contribution >= 4 is 16.8 Å². The second kappa shape index (κ2) is 8.88. The Morgan fingerprint density at radius 3 is 2.29 bits per heavy atom. The van der Waals surface area contributed by atoms with Gasteiger partial charge in [-0.25, -0.2) is 9.78 Å². The first-order valence-corrected chi connectivity index (χ1v) is 11.4. The molecule has 1 N–H and O–H groups in total. The van der Waals surface area contributed by atoms with Crippen LogP contribution in [0.1, 0.15) is 48.6 Å². The predicted molar refractivity (Wildman–Crippen MR) is 130 cm³/mol. The molecule has 0 saturated carbocycles. The average Bonchev–Trinajstić information content (AvgIpc) is 3.14. The molecule has 1 atom stereocenters. The summed E-state index contributed by atoms with van der Waals surface area (Å²) in [6.07, 6.45) is -0.310. The summed E-state index contributed by atoms with van der Waals surface area (Å²) in [5, 5.41) is 3.41. The minimum absolute atomic E-state index is 0.0465. The largest absolute Gasteiger partial charge is 0.406 e. The van der Waals surface area contributed by atoms with Crippen molar-refractivity contribution in [2.45, 2.75) is 32.9 Å². The third-order valence-electron chi connectivity index (χ3n) is 6.29. The maximum absolute atomic E-state index is 12.9. The number of hydrogen-bond acceptors (Lipinski definition) is 5. The highest BCUT2D eigenvalue weighted by atomic mass is 16.5. The molecule has 0 radical (unpaired) electrons. The van der Waals surface area contributed by atoms with Crippen molar-refractivity contribution in [3.8, 4) is 11.1 Å². The maximum atomic E-state index is 12.9. The number of benzene rings is 3. The van der Waals surface area contributed by atoms with Gasteiger partial charge < -0.3 is 14.5 Å². The molecule has 1 aliphatic carbocycles. The zero-order valence-corrected chi connectivity index (χ0v) is 19.4. The molecular formula is C28H26N2O4. The Morgan fingerprint density at radius 1 is 1.00 bits per heavy atom. The lowest BCUT2D eigenvalue weighted by molar-refractivity contribution is -0.128. The number of ether oxygens (including phenoxy) is 1. The van der Waals surface area contributed by atoms with Crippen molar-refractivity contribution in [3.05, 3.63) is 99.7 Å². The zero-order valence-electron chi connectivity index (χ0n) is 19.4. The van der Waals surface area contributed by atoms with Crippen LogP contribution >= 0.6 is 0 Å². The zero-order chi connectivity index (χ0) is 23.8. The topological polar surface area (TPSA) is 81.4 Å². The number of nitrogens with zero attached hydrogens (tertiary/aromatic N) is 1. The summed E-state index contributed by atoms with van der Waals surface area (Å²) >= 11 is 0. The second-order valence-corrected chi connectivity index (χ2v) is 8.96. The van der Waals surface area contributed by atoms with Gasteiger partial charge in [0.05, 0.1) is 10.9 Å². The minimum Gasteiger partial charge on any atom is -0.406 e. The molecule has 4 aromatic rings. The summed E-state index contributed by atoms with van der Waals surface area (Å²) in [5.74, 6) is -0.146. The summed E-state index contributed by atoms with van der Waals surface area (Å²) in [7, 11) is 0. The first-order chi connectivity index (χ1) is 16.4. The van der Waals surface area contributed by atoms with Gasteiger partial charge in [-0.15, -0.1) is 0 Å². The number of nitrogens with one attached hydrogen (secondary N) is 1. The van der Waals surface area contributed by atoms with Crippen LogP contribution in [-0.4, -0.2) is 17.5 Å². The quantitative estimate of drug-likeness (QED) is 0.439. The SMILES string of the molecule is Cc1cccc2nc(C(NC(=O)COC3c4ccccc4-c4ccccc43)C(C)C)oc(=O)c12. The lowest BCUT2D eigenvalue weighted by atomic mass is 10.0. The highest BCUT2D eigenvalue weighted by molar-refractivity contribution is 5.81. The normalized spacial score (nSPS) is 13.6. The van der Waals surface area contributed by atoms with E-state index in [-0.39, 0.29) is 30.4 Å². The first-order valence-electron chi connectivity index (χ1n) is 11.4. The van der Waals surface area contributed by atoms with Crippen LogP contribution in [0, 0.1) is 12.8 Å². The fourth-order valence-corrected chi connectivity index (χ4v) is 4.61. The molecule has 3 aromatic carbocycles. The number of carbonyl (C=O) groups excluding carboxylic acids is 1. The summed E-state index contributed by atoms with van der Waals surface area (Å²) < 4.78 is 11.7. The third kappa shape index (κ3) is 3.90. The summed E-state index contributed by atoms with van der Waals surface area (Å²) in [5.41, 5.74) is 5.27. The molecule has 172 valence electrons. The van der Waals surface area contributed by atoms with Gasteiger partial charge in [0.15, 0.2) is 0 Å². The van der Waals surface area contributed by atoms with Crippen LogP contribution in [0.25, 0.3) is 22.0 Å². The molecule has 34 heavy (non-hydrogen) atoms. The van der Waals surface area contributed by atoms with Gasteiger partial charge in [0, 0.05) is 0 Å². The van der Waals surface area contributed by atoms with Crippen molar-refractivity contribution in [2.24, 2.45) is 5.92 Å². The molecule has 1 heterocycles. The Balaban J connectivity index is 1.36. The summed E-state index contributed by atoms with van der Waals surface area (Å²) in [4.78, 5) is 30.1. The van der Waals surface area contributed by atoms with E-state index in [4.69, 9.17) is 9.15 Å². The van der Waals surface area contributed by atoms with Gasteiger partial charge in [-0.05, 0) is 46.7 Å². The summed E-state index contributed by atoms with van der Waals surface area (Å²) in [6, 6.07) is 21.1. The first kappa shape index (κ1) is 22.0. The second-order valence-electron chi connectivity index (χ2n) is 8.96. The van der Waals surface area contributed by atoms with Gasteiger partial charge in [-0.3, -0.25) is 4.79 Å². The van der Waals surface area contributed by atoms with Crippen LogP contribution < -0.4 is 10.9 Å². The van der Waals surface area contributed by atoms with E-state index in [9.17, 15) is 9.59 Å². The fourth-order valence-electron chi connectivity index (χ4n) is 4.61. The van der Waals surface area contributed by atoms with E-state index >= 15 is 0 Å². The molecule has 0 bridgehead atoms. The van der Waals surface area contributed by atoms with Crippen LogP contribution in [-0.2, 0) is 9.53 Å². The van der Waals surface area contributed by atoms with Crippen molar-refractivity contribution in [1.82, 2.24) is 10.3 Å². The van der Waals surface area contributed by atoms with E-state index in [2.05, 4.69) is 22.4 Å². The Hall–Kier alpha value is -3.77. The predicted octanol–water partition coefficient (Wildman–Crippen LogP) is 5.10. The molecule has 0 spiro atoms. The summed E-state index contributed by atoms with van der Waals surface area (Å²) in [6.45, 7) is 5.60. The van der Waals surface area contributed by atoms with Gasteiger partial charge >= 0.3 is 5.63 Å². The van der Waals surface area contributed by atoms with E-state index < -0.39 is 11.7 Å². The Labute approximate surface area is 197 Å². The van der Waals surface area contributed by atoms with E-state index in [1.165, 1.54) is 0 Å². The van der Waals surface area contributed by atoms with E-state index in [1.54, 1.807) is 6.07 Å². The number of aryl methyl sites for hydroxylation is 1. The molecule has 0 fully saturated rings. The molecule has 1 aliphatic rings. The molecule has 0 saturated heterocycles. The Morgan fingerprint density at radius 2 is 1.65 bits per heavy atom. The Kier molecular flexibility index (Phi) is 5.75. The smallest absolute Gasteiger partial charge is 0.347 e. The number of rotatable bonds is 6. The number of hydrogen-bond donors (Lipinski definition) is 1. The monoisotopic (exact) mass is 454 g/mol. The standard InChI is InChI=1S/C28H26N2O4/c1-16(2)25(27-29-22-14-8-9-17(3)24(22)28(32)34-27)30-23(31)15-33-26-20-12-6-4-10-18(20)19-11-5-7-13-21(19)26/h4-14,16,25-26H,15H2,1-3H3,(H,30,31). The number of amides is 1. The lowest BCUT2D eigenvalue weighted by Gasteiger charge is -2.21. The molecule has 5 rings (SSSR count). The van der Waals surface area contributed by atoms with E-state index in [0.717, 1.165) is 27.8 Å². The maximum Gasteiger partial charge on any atom is 0.347 e. The highest BCUT2D eigenvalue weighted by Crippen LogP contribution is 2.44. The Bertz CT molecular complexity index is 1390. The van der Waals surface area contributed by atoms with Crippen molar-refractivity contribution < 1.29 is 13.9 Å².